The fourth-order valence-electron chi connectivity index (χ4n) is 3.56. The molecule has 6 nitrogen and oxygen atoms in total. The molecule has 1 atom stereocenters. The molecular weight excluding hydrogens is 310 g/mol. The Morgan fingerprint density at radius 2 is 2.17 bits per heavy atom. The minimum Gasteiger partial charge on any atom is -0.351 e. The van der Waals surface area contributed by atoms with E-state index in [0.717, 1.165) is 61.4 Å². The third-order valence-electron chi connectivity index (χ3n) is 4.75. The van der Waals surface area contributed by atoms with Crippen LogP contribution in [0.5, 0.6) is 0 Å². The van der Waals surface area contributed by atoms with Crippen LogP contribution < -0.4 is 15.5 Å². The number of piperidine rings is 1. The predicted octanol–water partition coefficient (Wildman–Crippen LogP) is 1.53. The van der Waals surface area contributed by atoms with E-state index in [9.17, 15) is 4.79 Å². The molecule has 2 N–H and O–H groups in total. The van der Waals surface area contributed by atoms with Gasteiger partial charge in [-0.1, -0.05) is 0 Å². The van der Waals surface area contributed by atoms with Crippen LogP contribution in [0.3, 0.4) is 0 Å². The number of carbonyl (C=O) groups is 1. The Bertz CT molecular complexity index is 697. The Hall–Kier alpha value is -1.73. The van der Waals surface area contributed by atoms with Crippen molar-refractivity contribution in [1.82, 2.24) is 20.6 Å². The first kappa shape index (κ1) is 14.8. The van der Waals surface area contributed by atoms with Gasteiger partial charge < -0.3 is 15.5 Å². The zero-order chi connectivity index (χ0) is 15.6. The molecule has 23 heavy (non-hydrogen) atoms. The fraction of sp³-hybridized carbons (Fsp3) is 0.562. The van der Waals surface area contributed by atoms with Crippen LogP contribution in [0, 0.1) is 0 Å². The highest BCUT2D eigenvalue weighted by molar-refractivity contribution is 7.16. The maximum Gasteiger partial charge on any atom is 0.242 e. The van der Waals surface area contributed by atoms with Gasteiger partial charge in [-0.2, -0.15) is 0 Å². The van der Waals surface area contributed by atoms with Gasteiger partial charge in [0, 0.05) is 12.6 Å². The summed E-state index contributed by atoms with van der Waals surface area (Å²) in [6.07, 6.45) is 5.56. The number of aromatic nitrogens is 2. The van der Waals surface area contributed by atoms with Crippen molar-refractivity contribution in [3.63, 3.8) is 0 Å². The first-order valence-corrected chi connectivity index (χ1v) is 9.17. The molecule has 122 valence electrons. The van der Waals surface area contributed by atoms with E-state index < -0.39 is 0 Å². The molecule has 0 aromatic carbocycles. The number of rotatable bonds is 3. The van der Waals surface area contributed by atoms with Crippen molar-refractivity contribution in [3.05, 3.63) is 17.8 Å². The Balaban J connectivity index is 1.54. The zero-order valence-corrected chi connectivity index (χ0v) is 13.8. The largest absolute Gasteiger partial charge is 0.351 e. The van der Waals surface area contributed by atoms with Gasteiger partial charge in [0.25, 0.3) is 0 Å². The number of hydrogen-bond donors (Lipinski definition) is 2. The third kappa shape index (κ3) is 2.90. The van der Waals surface area contributed by atoms with E-state index in [1.807, 2.05) is 5.38 Å². The highest BCUT2D eigenvalue weighted by atomic mass is 32.1. The number of amides is 1. The smallest absolute Gasteiger partial charge is 0.242 e. The topological polar surface area (TPSA) is 70.2 Å². The van der Waals surface area contributed by atoms with Gasteiger partial charge >= 0.3 is 0 Å². The number of anilines is 1. The maximum absolute atomic E-state index is 12.8. The molecule has 0 radical (unpaired) electrons. The molecule has 0 bridgehead atoms. The summed E-state index contributed by atoms with van der Waals surface area (Å²) in [7, 11) is 0. The molecule has 2 aromatic rings. The van der Waals surface area contributed by atoms with E-state index >= 15 is 0 Å². The lowest BCUT2D eigenvalue weighted by Crippen LogP contribution is -2.50. The van der Waals surface area contributed by atoms with E-state index in [-0.39, 0.29) is 11.9 Å². The Labute approximate surface area is 139 Å². The average Bonchev–Trinajstić information content (AvgIpc) is 3.24. The summed E-state index contributed by atoms with van der Waals surface area (Å²) in [4.78, 5) is 24.7. The molecule has 2 aromatic heterocycles. The van der Waals surface area contributed by atoms with Crippen molar-refractivity contribution in [2.75, 3.05) is 24.5 Å². The van der Waals surface area contributed by atoms with Gasteiger partial charge in [-0.3, -0.25) is 4.79 Å². The fourth-order valence-corrected chi connectivity index (χ4v) is 4.29. The van der Waals surface area contributed by atoms with Crippen molar-refractivity contribution in [2.45, 2.75) is 37.8 Å². The Kier molecular flexibility index (Phi) is 4.13. The van der Waals surface area contributed by atoms with Crippen LogP contribution >= 0.6 is 11.3 Å². The van der Waals surface area contributed by atoms with Gasteiger partial charge in [0.05, 0.1) is 5.39 Å². The molecule has 2 aliphatic rings. The molecule has 4 heterocycles. The molecule has 0 spiro atoms. The minimum atomic E-state index is -0.108. The average molecular weight is 331 g/mol. The van der Waals surface area contributed by atoms with Crippen LogP contribution in [0.1, 0.15) is 25.7 Å². The molecule has 2 fully saturated rings. The van der Waals surface area contributed by atoms with E-state index in [2.05, 4.69) is 31.6 Å². The molecule has 1 unspecified atom stereocenters. The number of nitrogens with one attached hydrogen (secondary N) is 2. The lowest BCUT2D eigenvalue weighted by molar-refractivity contribution is -0.123. The van der Waals surface area contributed by atoms with Crippen LogP contribution in [-0.4, -0.2) is 47.6 Å². The van der Waals surface area contributed by atoms with Crippen LogP contribution in [0.4, 0.5) is 5.82 Å². The van der Waals surface area contributed by atoms with E-state index in [4.69, 9.17) is 0 Å². The van der Waals surface area contributed by atoms with Gasteiger partial charge in [0.1, 0.15) is 23.0 Å². The van der Waals surface area contributed by atoms with Gasteiger partial charge in [-0.25, -0.2) is 9.97 Å². The van der Waals surface area contributed by atoms with Gasteiger partial charge in [0.2, 0.25) is 5.91 Å². The van der Waals surface area contributed by atoms with Gasteiger partial charge in [-0.05, 0) is 50.2 Å². The van der Waals surface area contributed by atoms with E-state index in [1.54, 1.807) is 17.7 Å². The molecule has 4 rings (SSSR count). The molecular formula is C16H21N5OS. The standard InChI is InChI=1S/C16H21N5OS/c22-15(20-11-3-6-17-7-4-11)13-2-1-8-21(13)14-12-5-9-23-16(12)19-10-18-14/h5,9-11,13,17H,1-4,6-8H2,(H,20,22). The minimum absolute atomic E-state index is 0.108. The molecule has 2 aliphatic heterocycles. The Morgan fingerprint density at radius 1 is 1.30 bits per heavy atom. The van der Waals surface area contributed by atoms with Crippen molar-refractivity contribution >= 4 is 33.3 Å². The number of carbonyl (C=O) groups excluding carboxylic acids is 1. The van der Waals surface area contributed by atoms with E-state index in [1.165, 1.54) is 0 Å². The summed E-state index contributed by atoms with van der Waals surface area (Å²) in [5.74, 6) is 1.05. The summed E-state index contributed by atoms with van der Waals surface area (Å²) in [6, 6.07) is 2.25. The summed E-state index contributed by atoms with van der Waals surface area (Å²) >= 11 is 1.61. The summed E-state index contributed by atoms with van der Waals surface area (Å²) in [6.45, 7) is 2.85. The Morgan fingerprint density at radius 3 is 3.04 bits per heavy atom. The summed E-state index contributed by atoms with van der Waals surface area (Å²) in [5.41, 5.74) is 0. The molecule has 1 amide bonds. The van der Waals surface area contributed by atoms with E-state index in [0.29, 0.717) is 6.04 Å². The van der Waals surface area contributed by atoms with Gasteiger partial charge in [-0.15, -0.1) is 11.3 Å². The molecule has 0 aliphatic carbocycles. The predicted molar refractivity (Wildman–Crippen MR) is 91.8 cm³/mol. The molecule has 0 saturated carbocycles. The van der Waals surface area contributed by atoms with Crippen molar-refractivity contribution in [1.29, 1.82) is 0 Å². The van der Waals surface area contributed by atoms with Crippen LogP contribution in [0.25, 0.3) is 10.2 Å². The first-order valence-electron chi connectivity index (χ1n) is 8.29. The lowest BCUT2D eigenvalue weighted by Gasteiger charge is -2.29. The first-order chi connectivity index (χ1) is 11.3. The summed E-state index contributed by atoms with van der Waals surface area (Å²) in [5, 5.41) is 9.66. The second-order valence-electron chi connectivity index (χ2n) is 6.22. The van der Waals surface area contributed by atoms with Crippen molar-refractivity contribution in [2.24, 2.45) is 0 Å². The number of fused-ring (bicyclic) bond motifs is 1. The number of hydrogen-bond acceptors (Lipinski definition) is 6. The summed E-state index contributed by atoms with van der Waals surface area (Å²) < 4.78 is 0. The molecule has 7 heteroatoms. The number of thiophene rings is 1. The quantitative estimate of drug-likeness (QED) is 0.892. The monoisotopic (exact) mass is 331 g/mol. The highest BCUT2D eigenvalue weighted by Crippen LogP contribution is 2.31. The van der Waals surface area contributed by atoms with Crippen molar-refractivity contribution < 1.29 is 4.79 Å². The van der Waals surface area contributed by atoms with Crippen LogP contribution in [-0.2, 0) is 4.79 Å². The SMILES string of the molecule is O=C(NC1CCNCC1)C1CCCN1c1ncnc2sccc12. The normalized spacial score (nSPS) is 22.6. The molecule has 2 saturated heterocycles. The highest BCUT2D eigenvalue weighted by Gasteiger charge is 2.33. The second kappa shape index (κ2) is 6.41. The van der Waals surface area contributed by atoms with Crippen molar-refractivity contribution in [3.8, 4) is 0 Å². The van der Waals surface area contributed by atoms with Crippen LogP contribution in [0.15, 0.2) is 17.8 Å². The van der Waals surface area contributed by atoms with Gasteiger partial charge in [0.15, 0.2) is 0 Å². The second-order valence-corrected chi connectivity index (χ2v) is 7.12. The number of nitrogens with zero attached hydrogens (tertiary/aromatic N) is 3. The lowest BCUT2D eigenvalue weighted by atomic mass is 10.1. The maximum atomic E-state index is 12.8. The third-order valence-corrected chi connectivity index (χ3v) is 5.57. The van der Waals surface area contributed by atoms with Crippen LogP contribution in [0.2, 0.25) is 0 Å². The zero-order valence-electron chi connectivity index (χ0n) is 13.0.